The lowest BCUT2D eigenvalue weighted by Crippen LogP contribution is -2.47. The summed E-state index contributed by atoms with van der Waals surface area (Å²) in [6.45, 7) is 5.33. The summed E-state index contributed by atoms with van der Waals surface area (Å²) < 4.78 is 6.23. The Morgan fingerprint density at radius 2 is 1.76 bits per heavy atom. The summed E-state index contributed by atoms with van der Waals surface area (Å²) in [6, 6.07) is 11.2. The average Bonchev–Trinajstić information content (AvgIpc) is 2.61. The van der Waals surface area contributed by atoms with E-state index >= 15 is 0 Å². The molecule has 0 unspecified atom stereocenters. The van der Waals surface area contributed by atoms with Crippen molar-refractivity contribution >= 4 is 33.0 Å². The van der Waals surface area contributed by atoms with E-state index in [9.17, 15) is 10.1 Å². The topological polar surface area (TPSA) is 58.8 Å². The lowest BCUT2D eigenvalue weighted by Gasteiger charge is -2.38. The molecule has 0 aliphatic carbocycles. The van der Waals surface area contributed by atoms with E-state index in [1.165, 1.54) is 0 Å². The molecule has 7 heteroatoms. The molecule has 0 radical (unpaired) electrons. The van der Waals surface area contributed by atoms with E-state index in [0.717, 1.165) is 53.3 Å². The van der Waals surface area contributed by atoms with Gasteiger partial charge in [-0.1, -0.05) is 12.1 Å². The van der Waals surface area contributed by atoms with Crippen LogP contribution in [-0.4, -0.2) is 38.2 Å². The van der Waals surface area contributed by atoms with Crippen molar-refractivity contribution in [3.63, 3.8) is 0 Å². The van der Waals surface area contributed by atoms with Crippen LogP contribution in [0.1, 0.15) is 5.56 Å². The second kappa shape index (κ2) is 7.31. The Bertz CT molecular complexity index is 766. The zero-order valence-corrected chi connectivity index (χ0v) is 15.8. The number of aryl methyl sites for hydroxylation is 1. The number of anilines is 2. The second-order valence-corrected chi connectivity index (χ2v) is 6.85. The van der Waals surface area contributed by atoms with Crippen molar-refractivity contribution in [2.24, 2.45) is 0 Å². The standard InChI is InChI=1S/C18H20BrN3O3/c1-13-11-14(22(23)24)12-15(19)18(13)21-9-7-20(8-10-21)16-5-3-4-6-17(16)25-2/h3-6,11-12H,7-10H2,1-2H3. The quantitative estimate of drug-likeness (QED) is 0.568. The molecule has 0 N–H and O–H groups in total. The summed E-state index contributed by atoms with van der Waals surface area (Å²) in [6.07, 6.45) is 0. The number of methoxy groups -OCH3 is 1. The van der Waals surface area contributed by atoms with Gasteiger partial charge >= 0.3 is 0 Å². The lowest BCUT2D eigenvalue weighted by atomic mass is 10.1. The fraction of sp³-hybridized carbons (Fsp3) is 0.333. The molecular formula is C18H20BrN3O3. The van der Waals surface area contributed by atoms with Crippen LogP contribution in [0.5, 0.6) is 5.75 Å². The van der Waals surface area contributed by atoms with Crippen molar-refractivity contribution in [3.8, 4) is 5.75 Å². The molecule has 1 fully saturated rings. The van der Waals surface area contributed by atoms with E-state index in [1.807, 2.05) is 25.1 Å². The third-order valence-electron chi connectivity index (χ3n) is 4.47. The molecule has 1 aliphatic rings. The van der Waals surface area contributed by atoms with Crippen molar-refractivity contribution in [3.05, 3.63) is 56.5 Å². The first kappa shape index (κ1) is 17.5. The second-order valence-electron chi connectivity index (χ2n) is 6.00. The number of para-hydroxylation sites is 2. The van der Waals surface area contributed by atoms with Crippen molar-refractivity contribution in [1.29, 1.82) is 0 Å². The normalized spacial score (nSPS) is 14.5. The zero-order valence-electron chi connectivity index (χ0n) is 14.2. The molecule has 25 heavy (non-hydrogen) atoms. The highest BCUT2D eigenvalue weighted by molar-refractivity contribution is 9.10. The number of benzene rings is 2. The van der Waals surface area contributed by atoms with Crippen LogP contribution in [0.4, 0.5) is 17.1 Å². The van der Waals surface area contributed by atoms with Gasteiger partial charge in [0.2, 0.25) is 0 Å². The summed E-state index contributed by atoms with van der Waals surface area (Å²) in [5.74, 6) is 0.878. The fourth-order valence-electron chi connectivity index (χ4n) is 3.29. The van der Waals surface area contributed by atoms with Crippen LogP contribution in [0.15, 0.2) is 40.9 Å². The zero-order chi connectivity index (χ0) is 18.0. The fourth-order valence-corrected chi connectivity index (χ4v) is 4.08. The number of non-ortho nitro benzene ring substituents is 1. The maximum Gasteiger partial charge on any atom is 0.270 e. The maximum absolute atomic E-state index is 11.0. The van der Waals surface area contributed by atoms with Gasteiger partial charge in [-0.3, -0.25) is 10.1 Å². The summed E-state index contributed by atoms with van der Waals surface area (Å²) in [5.41, 5.74) is 3.15. The summed E-state index contributed by atoms with van der Waals surface area (Å²) >= 11 is 3.50. The summed E-state index contributed by atoms with van der Waals surface area (Å²) in [5, 5.41) is 11.0. The summed E-state index contributed by atoms with van der Waals surface area (Å²) in [7, 11) is 1.69. The number of ether oxygens (including phenoxy) is 1. The molecule has 3 rings (SSSR count). The van der Waals surface area contributed by atoms with E-state index in [-0.39, 0.29) is 10.6 Å². The van der Waals surface area contributed by atoms with Crippen LogP contribution in [0.25, 0.3) is 0 Å². The van der Waals surface area contributed by atoms with E-state index in [4.69, 9.17) is 4.74 Å². The number of halogens is 1. The number of nitrogens with zero attached hydrogens (tertiary/aromatic N) is 3. The predicted octanol–water partition coefficient (Wildman–Crippen LogP) is 4.00. The third-order valence-corrected chi connectivity index (χ3v) is 5.08. The molecule has 1 heterocycles. The van der Waals surface area contributed by atoms with Gasteiger partial charge in [-0.2, -0.15) is 0 Å². The predicted molar refractivity (Wildman–Crippen MR) is 103 cm³/mol. The molecule has 132 valence electrons. The number of piperazine rings is 1. The van der Waals surface area contributed by atoms with E-state index in [0.29, 0.717) is 0 Å². The number of hydrogen-bond donors (Lipinski definition) is 0. The first-order valence-corrected chi connectivity index (χ1v) is 8.88. The van der Waals surface area contributed by atoms with Gasteiger partial charge in [0.1, 0.15) is 5.75 Å². The van der Waals surface area contributed by atoms with Crippen LogP contribution in [0, 0.1) is 17.0 Å². The number of rotatable bonds is 4. The number of nitro groups is 1. The van der Waals surface area contributed by atoms with E-state index < -0.39 is 0 Å². The van der Waals surface area contributed by atoms with Gasteiger partial charge in [0, 0.05) is 42.8 Å². The molecule has 6 nitrogen and oxygen atoms in total. The largest absolute Gasteiger partial charge is 0.495 e. The molecule has 0 aromatic heterocycles. The summed E-state index contributed by atoms with van der Waals surface area (Å²) in [4.78, 5) is 15.2. The monoisotopic (exact) mass is 405 g/mol. The molecule has 0 saturated carbocycles. The molecule has 0 amide bonds. The van der Waals surface area contributed by atoms with Crippen molar-refractivity contribution in [1.82, 2.24) is 0 Å². The Hall–Kier alpha value is -2.28. The Labute approximate surface area is 155 Å². The molecule has 0 spiro atoms. The molecule has 2 aromatic carbocycles. The third kappa shape index (κ3) is 3.56. The van der Waals surface area contributed by atoms with Gasteiger partial charge in [-0.05, 0) is 40.5 Å². The first-order valence-electron chi connectivity index (χ1n) is 8.08. The first-order chi connectivity index (χ1) is 12.0. The molecule has 1 aliphatic heterocycles. The Morgan fingerprint density at radius 1 is 1.12 bits per heavy atom. The van der Waals surface area contributed by atoms with Gasteiger partial charge in [0.05, 0.1) is 23.4 Å². The lowest BCUT2D eigenvalue weighted by molar-refractivity contribution is -0.385. The Kier molecular flexibility index (Phi) is 5.13. The van der Waals surface area contributed by atoms with Crippen molar-refractivity contribution in [2.45, 2.75) is 6.92 Å². The van der Waals surface area contributed by atoms with Crippen molar-refractivity contribution < 1.29 is 9.66 Å². The molecule has 0 bridgehead atoms. The van der Waals surface area contributed by atoms with Crippen LogP contribution in [0.3, 0.4) is 0 Å². The van der Waals surface area contributed by atoms with Crippen LogP contribution < -0.4 is 14.5 Å². The van der Waals surface area contributed by atoms with Gasteiger partial charge < -0.3 is 14.5 Å². The maximum atomic E-state index is 11.0. The molecule has 2 aromatic rings. The van der Waals surface area contributed by atoms with Gasteiger partial charge in [0.15, 0.2) is 0 Å². The SMILES string of the molecule is COc1ccccc1N1CCN(c2c(C)cc([N+](=O)[O-])cc2Br)CC1. The van der Waals surface area contributed by atoms with Crippen molar-refractivity contribution in [2.75, 3.05) is 43.1 Å². The smallest absolute Gasteiger partial charge is 0.270 e. The molecule has 0 atom stereocenters. The van der Waals surface area contributed by atoms with E-state index in [1.54, 1.807) is 19.2 Å². The van der Waals surface area contributed by atoms with E-state index in [2.05, 4.69) is 31.8 Å². The Balaban J connectivity index is 1.78. The van der Waals surface area contributed by atoms with Crippen LogP contribution >= 0.6 is 15.9 Å². The van der Waals surface area contributed by atoms with Gasteiger partial charge in [-0.15, -0.1) is 0 Å². The minimum absolute atomic E-state index is 0.112. The van der Waals surface area contributed by atoms with Crippen LogP contribution in [-0.2, 0) is 0 Å². The number of nitro benzene ring substituents is 1. The average molecular weight is 406 g/mol. The van der Waals surface area contributed by atoms with Gasteiger partial charge in [0.25, 0.3) is 5.69 Å². The number of hydrogen-bond acceptors (Lipinski definition) is 5. The highest BCUT2D eigenvalue weighted by atomic mass is 79.9. The minimum Gasteiger partial charge on any atom is -0.495 e. The van der Waals surface area contributed by atoms with Crippen LogP contribution in [0.2, 0.25) is 0 Å². The van der Waals surface area contributed by atoms with Gasteiger partial charge in [-0.25, -0.2) is 0 Å². The Morgan fingerprint density at radius 3 is 2.36 bits per heavy atom. The molecule has 1 saturated heterocycles. The molecular weight excluding hydrogens is 386 g/mol. The highest BCUT2D eigenvalue weighted by Crippen LogP contribution is 2.35. The minimum atomic E-state index is -0.360. The highest BCUT2D eigenvalue weighted by Gasteiger charge is 2.23.